The van der Waals surface area contributed by atoms with Crippen LogP contribution in [0.25, 0.3) is 0 Å². The summed E-state index contributed by atoms with van der Waals surface area (Å²) >= 11 is 6.08. The number of sulfonamides is 1. The quantitative estimate of drug-likeness (QED) is 0.717. The summed E-state index contributed by atoms with van der Waals surface area (Å²) < 4.78 is 36.9. The summed E-state index contributed by atoms with van der Waals surface area (Å²) in [6.07, 6.45) is 1.38. The van der Waals surface area contributed by atoms with Crippen molar-refractivity contribution in [2.24, 2.45) is 0 Å². The fraction of sp³-hybridized carbons (Fsp3) is 0.350. The van der Waals surface area contributed by atoms with Crippen LogP contribution in [0.2, 0.25) is 5.02 Å². The molecule has 1 atom stereocenters. The van der Waals surface area contributed by atoms with Gasteiger partial charge in [-0.2, -0.15) is 0 Å². The molecule has 156 valence electrons. The van der Waals surface area contributed by atoms with Gasteiger partial charge in [-0.15, -0.1) is 0 Å². The van der Waals surface area contributed by atoms with E-state index in [1.54, 1.807) is 44.2 Å². The zero-order valence-electron chi connectivity index (χ0n) is 16.4. The fourth-order valence-electron chi connectivity index (χ4n) is 3.21. The molecular weight excluding hydrogens is 416 g/mol. The molecule has 0 saturated carbocycles. The zero-order chi connectivity index (χ0) is 21.2. The summed E-state index contributed by atoms with van der Waals surface area (Å²) in [4.78, 5) is 12.9. The number of halogens is 1. The largest absolute Gasteiger partial charge is 0.454 e. The van der Waals surface area contributed by atoms with Gasteiger partial charge in [-0.3, -0.25) is 9.10 Å². The SMILES string of the molecule is CC[C@@H](C(=O)NCc1ccc2c(c1)OCO2)N(c1cc(Cl)ccc1C)S(C)(=O)=O. The molecule has 0 bridgehead atoms. The van der Waals surface area contributed by atoms with Gasteiger partial charge in [0.25, 0.3) is 0 Å². The molecule has 29 heavy (non-hydrogen) atoms. The van der Waals surface area contributed by atoms with Gasteiger partial charge in [0.1, 0.15) is 6.04 Å². The molecule has 0 spiro atoms. The van der Waals surface area contributed by atoms with E-state index >= 15 is 0 Å². The van der Waals surface area contributed by atoms with Gasteiger partial charge in [0, 0.05) is 11.6 Å². The summed E-state index contributed by atoms with van der Waals surface area (Å²) in [6.45, 7) is 3.95. The van der Waals surface area contributed by atoms with Gasteiger partial charge in [0.05, 0.1) is 11.9 Å². The average Bonchev–Trinajstić information content (AvgIpc) is 3.13. The van der Waals surface area contributed by atoms with Crippen molar-refractivity contribution in [1.29, 1.82) is 0 Å². The highest BCUT2D eigenvalue weighted by Crippen LogP contribution is 2.32. The predicted molar refractivity (Wildman–Crippen MR) is 112 cm³/mol. The van der Waals surface area contributed by atoms with Gasteiger partial charge < -0.3 is 14.8 Å². The molecular formula is C20H23ClN2O5S. The molecule has 0 saturated heterocycles. The lowest BCUT2D eigenvalue weighted by Crippen LogP contribution is -2.49. The van der Waals surface area contributed by atoms with Crippen molar-refractivity contribution in [3.8, 4) is 11.5 Å². The molecule has 2 aromatic rings. The predicted octanol–water partition coefficient (Wildman–Crippen LogP) is 3.24. The molecule has 9 heteroatoms. The lowest BCUT2D eigenvalue weighted by atomic mass is 10.1. The second-order valence-corrected chi connectivity index (χ2v) is 9.11. The average molecular weight is 439 g/mol. The van der Waals surface area contributed by atoms with Crippen molar-refractivity contribution >= 4 is 33.2 Å². The van der Waals surface area contributed by atoms with Crippen molar-refractivity contribution in [3.05, 3.63) is 52.5 Å². The fourth-order valence-corrected chi connectivity index (χ4v) is 4.64. The topological polar surface area (TPSA) is 84.9 Å². The Morgan fingerprint density at radius 3 is 2.62 bits per heavy atom. The highest BCUT2D eigenvalue weighted by atomic mass is 35.5. The molecule has 1 aliphatic heterocycles. The third-order valence-corrected chi connectivity index (χ3v) is 6.04. The Morgan fingerprint density at radius 2 is 1.93 bits per heavy atom. The number of nitrogens with one attached hydrogen (secondary N) is 1. The van der Waals surface area contributed by atoms with Crippen LogP contribution < -0.4 is 19.1 Å². The molecule has 1 N–H and O–H groups in total. The number of fused-ring (bicyclic) bond motifs is 1. The molecule has 0 aromatic heterocycles. The van der Waals surface area contributed by atoms with Crippen molar-refractivity contribution in [2.75, 3.05) is 17.4 Å². The standard InChI is InChI=1S/C20H23ClN2O5S/c1-4-16(23(29(3,25)26)17-10-15(21)7-5-13(17)2)20(24)22-11-14-6-8-18-19(9-14)28-12-27-18/h5-10,16H,4,11-12H2,1-3H3,(H,22,24)/t16-/m0/s1. The smallest absolute Gasteiger partial charge is 0.244 e. The van der Waals surface area contributed by atoms with Gasteiger partial charge in [-0.25, -0.2) is 8.42 Å². The zero-order valence-corrected chi connectivity index (χ0v) is 18.0. The van der Waals surface area contributed by atoms with E-state index in [-0.39, 0.29) is 13.3 Å². The van der Waals surface area contributed by atoms with Gasteiger partial charge in [0.2, 0.25) is 22.7 Å². The Labute approximate surface area is 175 Å². The molecule has 0 fully saturated rings. The van der Waals surface area contributed by atoms with Crippen LogP contribution >= 0.6 is 11.6 Å². The Hall–Kier alpha value is -2.45. The number of anilines is 1. The minimum absolute atomic E-state index is 0.172. The van der Waals surface area contributed by atoms with Crippen LogP contribution in [-0.4, -0.2) is 33.4 Å². The molecule has 1 aliphatic rings. The van der Waals surface area contributed by atoms with Crippen LogP contribution in [-0.2, 0) is 21.4 Å². The summed E-state index contributed by atoms with van der Waals surface area (Å²) in [7, 11) is -3.73. The number of rotatable bonds is 7. The number of carbonyl (C=O) groups excluding carboxylic acids is 1. The molecule has 0 aliphatic carbocycles. The van der Waals surface area contributed by atoms with Gasteiger partial charge in [0.15, 0.2) is 11.5 Å². The van der Waals surface area contributed by atoms with E-state index in [1.807, 2.05) is 6.07 Å². The number of nitrogens with zero attached hydrogens (tertiary/aromatic N) is 1. The molecule has 3 rings (SSSR count). The first-order valence-corrected chi connectivity index (χ1v) is 11.3. The monoisotopic (exact) mass is 438 g/mol. The second-order valence-electron chi connectivity index (χ2n) is 6.82. The maximum absolute atomic E-state index is 12.9. The number of amides is 1. The van der Waals surface area contributed by atoms with Gasteiger partial charge in [-0.1, -0.05) is 30.7 Å². The number of ether oxygens (including phenoxy) is 2. The number of aryl methyl sites for hydroxylation is 1. The van der Waals surface area contributed by atoms with E-state index in [4.69, 9.17) is 21.1 Å². The van der Waals surface area contributed by atoms with Crippen LogP contribution in [0.4, 0.5) is 5.69 Å². The van der Waals surface area contributed by atoms with Crippen LogP contribution in [0.15, 0.2) is 36.4 Å². The van der Waals surface area contributed by atoms with E-state index in [1.165, 1.54) is 0 Å². The molecule has 7 nitrogen and oxygen atoms in total. The molecule has 2 aromatic carbocycles. The first-order valence-electron chi connectivity index (χ1n) is 9.12. The van der Waals surface area contributed by atoms with Crippen LogP contribution in [0.1, 0.15) is 24.5 Å². The van der Waals surface area contributed by atoms with Crippen molar-refractivity contribution < 1.29 is 22.7 Å². The van der Waals surface area contributed by atoms with Crippen LogP contribution in [0.5, 0.6) is 11.5 Å². The lowest BCUT2D eigenvalue weighted by Gasteiger charge is -2.31. The first kappa shape index (κ1) is 21.3. The number of benzene rings is 2. The number of hydrogen-bond acceptors (Lipinski definition) is 5. The van der Waals surface area contributed by atoms with Gasteiger partial charge >= 0.3 is 0 Å². The molecule has 1 amide bonds. The van der Waals surface area contributed by atoms with E-state index in [0.717, 1.165) is 16.1 Å². The van der Waals surface area contributed by atoms with E-state index in [2.05, 4.69) is 5.32 Å². The van der Waals surface area contributed by atoms with Crippen LogP contribution in [0.3, 0.4) is 0 Å². The highest BCUT2D eigenvalue weighted by Gasteiger charge is 2.32. The summed E-state index contributed by atoms with van der Waals surface area (Å²) in [5, 5.41) is 3.22. The minimum Gasteiger partial charge on any atom is -0.454 e. The first-order chi connectivity index (χ1) is 13.7. The third kappa shape index (κ3) is 4.76. The van der Waals surface area contributed by atoms with Crippen molar-refractivity contribution in [1.82, 2.24) is 5.32 Å². The summed E-state index contributed by atoms with van der Waals surface area (Å²) in [5.41, 5.74) is 1.93. The molecule has 0 radical (unpaired) electrons. The highest BCUT2D eigenvalue weighted by molar-refractivity contribution is 7.92. The Balaban J connectivity index is 1.83. The van der Waals surface area contributed by atoms with Gasteiger partial charge in [-0.05, 0) is 48.7 Å². The Bertz CT molecular complexity index is 1030. The Kier molecular flexibility index (Phi) is 6.24. The minimum atomic E-state index is -3.73. The van der Waals surface area contributed by atoms with Crippen LogP contribution in [0, 0.1) is 6.92 Å². The molecule has 0 unspecified atom stereocenters. The lowest BCUT2D eigenvalue weighted by molar-refractivity contribution is -0.122. The number of carbonyl (C=O) groups is 1. The van der Waals surface area contributed by atoms with Crippen molar-refractivity contribution in [2.45, 2.75) is 32.9 Å². The molecule has 1 heterocycles. The third-order valence-electron chi connectivity index (χ3n) is 4.64. The van der Waals surface area contributed by atoms with E-state index in [0.29, 0.717) is 34.2 Å². The summed E-state index contributed by atoms with van der Waals surface area (Å²) in [6, 6.07) is 9.46. The normalized spacial score (nSPS) is 13.8. The van der Waals surface area contributed by atoms with Crippen molar-refractivity contribution in [3.63, 3.8) is 0 Å². The second kappa shape index (κ2) is 8.51. The van der Waals surface area contributed by atoms with E-state index in [9.17, 15) is 13.2 Å². The Morgan fingerprint density at radius 1 is 1.21 bits per heavy atom. The maximum Gasteiger partial charge on any atom is 0.244 e. The summed E-state index contributed by atoms with van der Waals surface area (Å²) in [5.74, 6) is 0.886. The maximum atomic E-state index is 12.9. The number of hydrogen-bond donors (Lipinski definition) is 1. The van der Waals surface area contributed by atoms with E-state index < -0.39 is 22.0 Å².